The summed E-state index contributed by atoms with van der Waals surface area (Å²) >= 11 is 0. The van der Waals surface area contributed by atoms with Crippen LogP contribution in [0.15, 0.2) is 0 Å². The van der Waals surface area contributed by atoms with Crippen LogP contribution in [0.1, 0.15) is 12.8 Å². The van der Waals surface area contributed by atoms with Gasteiger partial charge in [-0.25, -0.2) is 0 Å². The van der Waals surface area contributed by atoms with Crippen molar-refractivity contribution >= 4 is 0 Å². The fraction of sp³-hybridized carbons (Fsp3) is 1.00. The van der Waals surface area contributed by atoms with E-state index in [2.05, 4.69) is 17.3 Å². The standard InChI is InChI=1S/C10H22N2O2/c1-12-6-3-4-10(8-12,9-13)11-5-7-14-2/h11,13H,3-9H2,1-2H3. The average molecular weight is 202 g/mol. The summed E-state index contributed by atoms with van der Waals surface area (Å²) in [4.78, 5) is 2.26. The van der Waals surface area contributed by atoms with Crippen molar-refractivity contribution in [3.05, 3.63) is 0 Å². The maximum absolute atomic E-state index is 9.43. The van der Waals surface area contributed by atoms with Crippen molar-refractivity contribution in [1.29, 1.82) is 0 Å². The molecule has 14 heavy (non-hydrogen) atoms. The zero-order valence-corrected chi connectivity index (χ0v) is 9.25. The first-order valence-electron chi connectivity index (χ1n) is 5.26. The van der Waals surface area contributed by atoms with Crippen molar-refractivity contribution in [3.8, 4) is 0 Å². The summed E-state index contributed by atoms with van der Waals surface area (Å²) in [7, 11) is 3.79. The third-order valence-corrected chi connectivity index (χ3v) is 2.88. The van der Waals surface area contributed by atoms with E-state index < -0.39 is 0 Å². The first-order chi connectivity index (χ1) is 6.72. The Hall–Kier alpha value is -0.160. The van der Waals surface area contributed by atoms with Crippen molar-refractivity contribution in [1.82, 2.24) is 10.2 Å². The van der Waals surface area contributed by atoms with Gasteiger partial charge in [-0.2, -0.15) is 0 Å². The molecule has 1 aliphatic rings. The number of hydrogen-bond acceptors (Lipinski definition) is 4. The summed E-state index contributed by atoms with van der Waals surface area (Å²) in [5, 5.41) is 12.8. The molecule has 4 heteroatoms. The van der Waals surface area contributed by atoms with Gasteiger partial charge in [0.25, 0.3) is 0 Å². The van der Waals surface area contributed by atoms with Crippen LogP contribution < -0.4 is 5.32 Å². The minimum absolute atomic E-state index is 0.106. The Morgan fingerprint density at radius 2 is 2.36 bits per heavy atom. The summed E-state index contributed by atoms with van der Waals surface area (Å²) < 4.78 is 4.99. The highest BCUT2D eigenvalue weighted by atomic mass is 16.5. The molecule has 0 aliphatic carbocycles. The Balaban J connectivity index is 2.39. The molecule has 0 spiro atoms. The van der Waals surface area contributed by atoms with Crippen LogP contribution in [0.3, 0.4) is 0 Å². The topological polar surface area (TPSA) is 44.7 Å². The molecule has 1 heterocycles. The van der Waals surface area contributed by atoms with Crippen molar-refractivity contribution in [3.63, 3.8) is 0 Å². The van der Waals surface area contributed by atoms with Gasteiger partial charge in [0.2, 0.25) is 0 Å². The van der Waals surface area contributed by atoms with Gasteiger partial charge in [0.1, 0.15) is 0 Å². The second-order valence-electron chi connectivity index (χ2n) is 4.20. The van der Waals surface area contributed by atoms with Crippen LogP contribution >= 0.6 is 0 Å². The number of piperidine rings is 1. The lowest BCUT2D eigenvalue weighted by atomic mass is 9.90. The van der Waals surface area contributed by atoms with Gasteiger partial charge in [-0.05, 0) is 26.4 Å². The molecule has 1 unspecified atom stereocenters. The Morgan fingerprint density at radius 1 is 1.57 bits per heavy atom. The number of likely N-dealkylation sites (tertiary alicyclic amines) is 1. The lowest BCUT2D eigenvalue weighted by molar-refractivity contribution is 0.0726. The highest BCUT2D eigenvalue weighted by molar-refractivity contribution is 4.93. The van der Waals surface area contributed by atoms with E-state index in [9.17, 15) is 5.11 Å². The van der Waals surface area contributed by atoms with Crippen LogP contribution in [0.4, 0.5) is 0 Å². The van der Waals surface area contributed by atoms with Crippen LogP contribution in [0.25, 0.3) is 0 Å². The second-order valence-corrected chi connectivity index (χ2v) is 4.20. The molecule has 84 valence electrons. The number of nitrogens with zero attached hydrogens (tertiary/aromatic N) is 1. The van der Waals surface area contributed by atoms with Gasteiger partial charge in [0.05, 0.1) is 18.8 Å². The molecule has 1 atom stereocenters. The number of aliphatic hydroxyl groups is 1. The van der Waals surface area contributed by atoms with Crippen LogP contribution in [0, 0.1) is 0 Å². The lowest BCUT2D eigenvalue weighted by Gasteiger charge is -2.41. The number of rotatable bonds is 5. The minimum atomic E-state index is -0.106. The fourth-order valence-corrected chi connectivity index (χ4v) is 2.11. The van der Waals surface area contributed by atoms with Gasteiger partial charge in [-0.3, -0.25) is 0 Å². The molecule has 1 aliphatic heterocycles. The zero-order chi connectivity index (χ0) is 10.4. The SMILES string of the molecule is COCCNC1(CO)CCCN(C)C1. The quantitative estimate of drug-likeness (QED) is 0.600. The first-order valence-corrected chi connectivity index (χ1v) is 5.26. The second kappa shape index (κ2) is 5.66. The number of likely N-dealkylation sites (N-methyl/N-ethyl adjacent to an activating group) is 1. The monoisotopic (exact) mass is 202 g/mol. The Kier molecular flexibility index (Phi) is 4.81. The highest BCUT2D eigenvalue weighted by Crippen LogP contribution is 2.19. The van der Waals surface area contributed by atoms with Crippen LogP contribution in [0.2, 0.25) is 0 Å². The average Bonchev–Trinajstić information content (AvgIpc) is 2.18. The van der Waals surface area contributed by atoms with E-state index in [-0.39, 0.29) is 12.1 Å². The van der Waals surface area contributed by atoms with E-state index in [1.165, 1.54) is 0 Å². The van der Waals surface area contributed by atoms with Crippen LogP contribution in [0.5, 0.6) is 0 Å². The summed E-state index contributed by atoms with van der Waals surface area (Å²) in [6.45, 7) is 3.78. The van der Waals surface area contributed by atoms with Gasteiger partial charge in [0, 0.05) is 20.2 Å². The lowest BCUT2D eigenvalue weighted by Crippen LogP contribution is -2.59. The maximum Gasteiger partial charge on any atom is 0.0625 e. The Labute approximate surface area is 86.2 Å². The Morgan fingerprint density at radius 3 is 2.93 bits per heavy atom. The molecule has 1 fully saturated rings. The van der Waals surface area contributed by atoms with Gasteiger partial charge < -0.3 is 20.1 Å². The molecule has 1 rings (SSSR count). The van der Waals surface area contributed by atoms with E-state index in [0.29, 0.717) is 6.61 Å². The third kappa shape index (κ3) is 3.20. The van der Waals surface area contributed by atoms with E-state index >= 15 is 0 Å². The fourth-order valence-electron chi connectivity index (χ4n) is 2.11. The molecule has 4 nitrogen and oxygen atoms in total. The number of nitrogens with one attached hydrogen (secondary N) is 1. The molecule has 0 amide bonds. The molecule has 1 saturated heterocycles. The predicted molar refractivity (Wildman–Crippen MR) is 56.4 cm³/mol. The summed E-state index contributed by atoms with van der Waals surface area (Å²) in [5.41, 5.74) is -0.106. The molecular formula is C10H22N2O2. The highest BCUT2D eigenvalue weighted by Gasteiger charge is 2.32. The van der Waals surface area contributed by atoms with E-state index in [1.807, 2.05) is 0 Å². The van der Waals surface area contributed by atoms with Gasteiger partial charge in [0.15, 0.2) is 0 Å². The third-order valence-electron chi connectivity index (χ3n) is 2.88. The summed E-state index contributed by atoms with van der Waals surface area (Å²) in [5.74, 6) is 0. The molecule has 0 aromatic rings. The van der Waals surface area contributed by atoms with Crippen LogP contribution in [-0.4, -0.2) is 62.6 Å². The van der Waals surface area contributed by atoms with E-state index in [1.54, 1.807) is 7.11 Å². The summed E-state index contributed by atoms with van der Waals surface area (Å²) in [6, 6.07) is 0. The van der Waals surface area contributed by atoms with E-state index in [4.69, 9.17) is 4.74 Å². The largest absolute Gasteiger partial charge is 0.394 e. The molecular weight excluding hydrogens is 180 g/mol. The molecule has 0 bridgehead atoms. The van der Waals surface area contributed by atoms with Crippen LogP contribution in [-0.2, 0) is 4.74 Å². The van der Waals surface area contributed by atoms with Crippen molar-refractivity contribution in [2.45, 2.75) is 18.4 Å². The zero-order valence-electron chi connectivity index (χ0n) is 9.25. The van der Waals surface area contributed by atoms with Crippen molar-refractivity contribution < 1.29 is 9.84 Å². The Bertz CT molecular complexity index is 166. The molecule has 2 N–H and O–H groups in total. The number of ether oxygens (including phenoxy) is 1. The van der Waals surface area contributed by atoms with Gasteiger partial charge >= 0.3 is 0 Å². The normalized spacial score (nSPS) is 29.4. The molecule has 0 aromatic heterocycles. The minimum Gasteiger partial charge on any atom is -0.394 e. The smallest absolute Gasteiger partial charge is 0.0625 e. The van der Waals surface area contributed by atoms with Gasteiger partial charge in [-0.15, -0.1) is 0 Å². The molecule has 0 radical (unpaired) electrons. The molecule has 0 saturated carbocycles. The number of hydrogen-bond donors (Lipinski definition) is 2. The maximum atomic E-state index is 9.43. The number of methoxy groups -OCH3 is 1. The van der Waals surface area contributed by atoms with Crippen molar-refractivity contribution in [2.24, 2.45) is 0 Å². The number of aliphatic hydroxyl groups excluding tert-OH is 1. The van der Waals surface area contributed by atoms with Gasteiger partial charge in [-0.1, -0.05) is 0 Å². The van der Waals surface area contributed by atoms with E-state index in [0.717, 1.165) is 32.5 Å². The summed E-state index contributed by atoms with van der Waals surface area (Å²) in [6.07, 6.45) is 2.20. The molecule has 0 aromatic carbocycles. The first kappa shape index (κ1) is 11.9. The van der Waals surface area contributed by atoms with Crippen molar-refractivity contribution in [2.75, 3.05) is 47.0 Å². The predicted octanol–water partition coefficient (Wildman–Crippen LogP) is -0.321.